The molecular weight excluding hydrogens is 318 g/mol. The highest BCUT2D eigenvalue weighted by molar-refractivity contribution is 7.18. The van der Waals surface area contributed by atoms with Crippen molar-refractivity contribution in [2.24, 2.45) is 5.92 Å². The van der Waals surface area contributed by atoms with Crippen LogP contribution in [0.3, 0.4) is 0 Å². The number of hydrogen-bond acceptors (Lipinski definition) is 3. The van der Waals surface area contributed by atoms with Crippen molar-refractivity contribution in [2.75, 3.05) is 26.2 Å². The smallest absolute Gasteiger partial charge is 0.223 e. The molecule has 1 aromatic heterocycles. The normalized spacial score (nSPS) is 21.7. The van der Waals surface area contributed by atoms with E-state index in [0.29, 0.717) is 18.2 Å². The Hall–Kier alpha value is -1.72. The van der Waals surface area contributed by atoms with Crippen LogP contribution in [0.25, 0.3) is 10.2 Å². The lowest BCUT2D eigenvalue weighted by Crippen LogP contribution is -3.13. The standard InChI is InChI=1S/C19H23N3OS/c23-19(13-15-5-1-2-6-15)22-11-9-21(10-12-22)14-18-20-16-7-3-4-8-17(16)24-18/h1,3-5,7-8,15H,2,6,9-14H2/p+1/t15-/m1/s1. The number of allylic oxidation sites excluding steroid dienone is 2. The van der Waals surface area contributed by atoms with Crippen molar-refractivity contribution in [3.05, 3.63) is 41.4 Å². The van der Waals surface area contributed by atoms with Crippen molar-refractivity contribution < 1.29 is 9.69 Å². The Bertz CT molecular complexity index is 713. The van der Waals surface area contributed by atoms with Gasteiger partial charge in [0.1, 0.15) is 11.6 Å². The molecule has 1 N–H and O–H groups in total. The number of aromatic nitrogens is 1. The molecule has 2 heterocycles. The number of thiazole rings is 1. The monoisotopic (exact) mass is 342 g/mol. The summed E-state index contributed by atoms with van der Waals surface area (Å²) in [4.78, 5) is 20.8. The van der Waals surface area contributed by atoms with Gasteiger partial charge in [-0.2, -0.15) is 0 Å². The largest absolute Gasteiger partial charge is 0.331 e. The van der Waals surface area contributed by atoms with Gasteiger partial charge in [0.15, 0.2) is 0 Å². The second kappa shape index (κ2) is 7.03. The van der Waals surface area contributed by atoms with Gasteiger partial charge in [0, 0.05) is 6.42 Å². The first-order chi connectivity index (χ1) is 11.8. The molecule has 2 aliphatic rings. The molecule has 2 aromatic rings. The van der Waals surface area contributed by atoms with Crippen LogP contribution in [0.2, 0.25) is 0 Å². The second-order valence-corrected chi connectivity index (χ2v) is 7.97. The van der Waals surface area contributed by atoms with Gasteiger partial charge in [0.25, 0.3) is 0 Å². The summed E-state index contributed by atoms with van der Waals surface area (Å²) >= 11 is 1.80. The summed E-state index contributed by atoms with van der Waals surface area (Å²) in [5.74, 6) is 0.816. The predicted octanol–water partition coefficient (Wildman–Crippen LogP) is 1.88. The average molecular weight is 342 g/mol. The summed E-state index contributed by atoms with van der Waals surface area (Å²) in [5.41, 5.74) is 1.11. The number of benzene rings is 1. The van der Waals surface area contributed by atoms with Crippen molar-refractivity contribution in [1.82, 2.24) is 9.88 Å². The van der Waals surface area contributed by atoms with Crippen molar-refractivity contribution >= 4 is 27.5 Å². The number of para-hydroxylation sites is 1. The molecule has 4 rings (SSSR count). The Balaban J connectivity index is 1.29. The molecule has 0 bridgehead atoms. The number of carbonyl (C=O) groups excluding carboxylic acids is 1. The highest BCUT2D eigenvalue weighted by Crippen LogP contribution is 2.22. The fourth-order valence-corrected chi connectivity index (χ4v) is 4.72. The highest BCUT2D eigenvalue weighted by atomic mass is 32.1. The van der Waals surface area contributed by atoms with E-state index in [9.17, 15) is 4.79 Å². The minimum atomic E-state index is 0.339. The maximum absolute atomic E-state index is 12.4. The average Bonchev–Trinajstić information content (AvgIpc) is 3.24. The van der Waals surface area contributed by atoms with E-state index >= 15 is 0 Å². The van der Waals surface area contributed by atoms with Gasteiger partial charge in [0.05, 0.1) is 36.4 Å². The molecule has 1 saturated heterocycles. The van der Waals surface area contributed by atoms with Gasteiger partial charge in [-0.25, -0.2) is 4.98 Å². The van der Waals surface area contributed by atoms with Crippen LogP contribution >= 0.6 is 11.3 Å². The van der Waals surface area contributed by atoms with Crippen LogP contribution < -0.4 is 4.90 Å². The van der Waals surface area contributed by atoms with Crippen LogP contribution in [0, 0.1) is 5.92 Å². The molecule has 0 radical (unpaired) electrons. The number of hydrogen-bond donors (Lipinski definition) is 1. The van der Waals surface area contributed by atoms with Crippen LogP contribution in [0.15, 0.2) is 36.4 Å². The molecule has 0 saturated carbocycles. The summed E-state index contributed by atoms with van der Waals surface area (Å²) < 4.78 is 1.27. The number of fused-ring (bicyclic) bond motifs is 1. The Morgan fingerprint density at radius 2 is 2.12 bits per heavy atom. The maximum atomic E-state index is 12.4. The number of nitrogens with zero attached hydrogens (tertiary/aromatic N) is 2. The quantitative estimate of drug-likeness (QED) is 0.862. The third kappa shape index (κ3) is 3.52. The third-order valence-electron chi connectivity index (χ3n) is 5.11. The molecule has 1 fully saturated rings. The summed E-state index contributed by atoms with van der Waals surface area (Å²) in [7, 11) is 0. The summed E-state index contributed by atoms with van der Waals surface area (Å²) in [6.07, 6.45) is 7.40. The van der Waals surface area contributed by atoms with E-state index in [4.69, 9.17) is 4.98 Å². The molecule has 126 valence electrons. The lowest BCUT2D eigenvalue weighted by Gasteiger charge is -2.32. The van der Waals surface area contributed by atoms with Crippen molar-refractivity contribution in [3.63, 3.8) is 0 Å². The maximum Gasteiger partial charge on any atom is 0.223 e. The highest BCUT2D eigenvalue weighted by Gasteiger charge is 2.26. The Morgan fingerprint density at radius 1 is 1.29 bits per heavy atom. The number of quaternary nitrogens is 1. The van der Waals surface area contributed by atoms with Crippen molar-refractivity contribution in [1.29, 1.82) is 0 Å². The number of nitrogens with one attached hydrogen (secondary N) is 1. The summed E-state index contributed by atoms with van der Waals surface area (Å²) in [6, 6.07) is 8.34. The van der Waals surface area contributed by atoms with Gasteiger partial charge in [0.2, 0.25) is 5.91 Å². The molecule has 1 aliphatic heterocycles. The van der Waals surface area contributed by atoms with Crippen molar-refractivity contribution in [3.8, 4) is 0 Å². The summed E-state index contributed by atoms with van der Waals surface area (Å²) in [6.45, 7) is 4.81. The lowest BCUT2D eigenvalue weighted by molar-refractivity contribution is -0.917. The third-order valence-corrected chi connectivity index (χ3v) is 6.15. The molecule has 24 heavy (non-hydrogen) atoms. The molecule has 0 unspecified atom stereocenters. The Labute approximate surface area is 146 Å². The van der Waals surface area contributed by atoms with Crippen LogP contribution in [0.4, 0.5) is 0 Å². The first kappa shape index (κ1) is 15.8. The van der Waals surface area contributed by atoms with E-state index in [2.05, 4.69) is 35.3 Å². The van der Waals surface area contributed by atoms with Crippen LogP contribution in [0.5, 0.6) is 0 Å². The fraction of sp³-hybridized carbons (Fsp3) is 0.474. The first-order valence-electron chi connectivity index (χ1n) is 8.90. The fourth-order valence-electron chi connectivity index (χ4n) is 3.68. The van der Waals surface area contributed by atoms with Crippen LogP contribution in [0.1, 0.15) is 24.3 Å². The van der Waals surface area contributed by atoms with Gasteiger partial charge in [-0.1, -0.05) is 24.3 Å². The van der Waals surface area contributed by atoms with E-state index in [-0.39, 0.29) is 0 Å². The number of piperazine rings is 1. The van der Waals surface area contributed by atoms with Gasteiger partial charge in [-0.3, -0.25) is 4.79 Å². The number of amides is 1. The Morgan fingerprint density at radius 3 is 2.88 bits per heavy atom. The minimum absolute atomic E-state index is 0.339. The topological polar surface area (TPSA) is 37.6 Å². The SMILES string of the molecule is O=C(C[C@@H]1C=CCC1)N1CC[NH+](Cc2nc3ccccc3s2)CC1. The van der Waals surface area contributed by atoms with Gasteiger partial charge >= 0.3 is 0 Å². The molecule has 1 aromatic carbocycles. The van der Waals surface area contributed by atoms with E-state index in [1.54, 1.807) is 16.2 Å². The van der Waals surface area contributed by atoms with E-state index in [1.807, 2.05) is 6.07 Å². The van der Waals surface area contributed by atoms with Crippen LogP contribution in [-0.2, 0) is 11.3 Å². The van der Waals surface area contributed by atoms with Gasteiger partial charge in [-0.15, -0.1) is 11.3 Å². The predicted molar refractivity (Wildman–Crippen MR) is 97.1 cm³/mol. The van der Waals surface area contributed by atoms with Gasteiger partial charge in [-0.05, 0) is 30.9 Å². The number of carbonyl (C=O) groups is 1. The molecule has 1 aliphatic carbocycles. The van der Waals surface area contributed by atoms with E-state index in [0.717, 1.165) is 51.1 Å². The summed E-state index contributed by atoms with van der Waals surface area (Å²) in [5, 5.41) is 1.21. The first-order valence-corrected chi connectivity index (χ1v) is 9.72. The minimum Gasteiger partial charge on any atom is -0.331 e. The van der Waals surface area contributed by atoms with Gasteiger partial charge < -0.3 is 9.80 Å². The molecule has 5 heteroatoms. The lowest BCUT2D eigenvalue weighted by atomic mass is 10.0. The van der Waals surface area contributed by atoms with Crippen LogP contribution in [-0.4, -0.2) is 42.0 Å². The molecule has 1 amide bonds. The zero-order valence-corrected chi connectivity index (χ0v) is 14.7. The van der Waals surface area contributed by atoms with Crippen molar-refractivity contribution in [2.45, 2.75) is 25.8 Å². The number of rotatable bonds is 4. The Kier molecular flexibility index (Phi) is 4.63. The molecule has 1 atom stereocenters. The molecule has 4 nitrogen and oxygen atoms in total. The molecular formula is C19H24N3OS+. The molecule has 0 spiro atoms. The second-order valence-electron chi connectivity index (χ2n) is 6.85. The zero-order chi connectivity index (χ0) is 16.4. The zero-order valence-electron chi connectivity index (χ0n) is 13.9. The van der Waals surface area contributed by atoms with E-state index in [1.165, 1.54) is 9.71 Å². The van der Waals surface area contributed by atoms with E-state index < -0.39 is 0 Å².